The summed E-state index contributed by atoms with van der Waals surface area (Å²) in [5, 5.41) is 9.22. The zero-order valence-electron chi connectivity index (χ0n) is 19.7. The average Bonchev–Trinajstić information content (AvgIpc) is 2.79. The Bertz CT molecular complexity index is 883. The van der Waals surface area contributed by atoms with Gasteiger partial charge < -0.3 is 29.0 Å². The highest BCUT2D eigenvalue weighted by molar-refractivity contribution is 5.72. The van der Waals surface area contributed by atoms with E-state index in [-0.39, 0.29) is 18.9 Å². The van der Waals surface area contributed by atoms with Crippen LogP contribution < -0.4 is 14.2 Å². The zero-order chi connectivity index (χ0) is 24.2. The highest BCUT2D eigenvalue weighted by Crippen LogP contribution is 2.20. The van der Waals surface area contributed by atoms with Crippen molar-refractivity contribution in [2.75, 3.05) is 33.4 Å². The molecule has 0 aliphatic rings. The number of carboxylic acids is 1. The maximum absolute atomic E-state index is 12.7. The number of carbonyl (C=O) groups is 2. The number of aliphatic carboxylic acids is 1. The van der Waals surface area contributed by atoms with E-state index in [2.05, 4.69) is 0 Å². The molecule has 2 aromatic rings. The van der Waals surface area contributed by atoms with Gasteiger partial charge in [0.05, 0.1) is 13.7 Å². The molecule has 0 aliphatic heterocycles. The van der Waals surface area contributed by atoms with Gasteiger partial charge in [0.15, 0.2) is 6.10 Å². The molecule has 0 aromatic heterocycles. The number of methoxy groups -OCH3 is 1. The first kappa shape index (κ1) is 26.0. The molecule has 0 saturated carbocycles. The molecule has 0 radical (unpaired) electrons. The lowest BCUT2D eigenvalue weighted by Crippen LogP contribution is -2.39. The Hall–Kier alpha value is -3.26. The summed E-state index contributed by atoms with van der Waals surface area (Å²) in [6.45, 7) is 7.33. The molecule has 0 spiro atoms. The Balaban J connectivity index is 1.91. The van der Waals surface area contributed by atoms with Crippen LogP contribution in [0.25, 0.3) is 0 Å². The van der Waals surface area contributed by atoms with Crippen LogP contribution in [0.1, 0.15) is 26.3 Å². The lowest BCUT2D eigenvalue weighted by atomic mass is 10.1. The second kappa shape index (κ2) is 13.3. The minimum Gasteiger partial charge on any atom is -0.497 e. The largest absolute Gasteiger partial charge is 0.497 e. The van der Waals surface area contributed by atoms with E-state index in [9.17, 15) is 14.7 Å². The van der Waals surface area contributed by atoms with Gasteiger partial charge in [0.25, 0.3) is 0 Å². The van der Waals surface area contributed by atoms with E-state index >= 15 is 0 Å². The van der Waals surface area contributed by atoms with Crippen LogP contribution in [-0.2, 0) is 16.0 Å². The lowest BCUT2D eigenvalue weighted by Gasteiger charge is -2.24. The molecule has 180 valence electrons. The van der Waals surface area contributed by atoms with Crippen molar-refractivity contribution in [3.63, 3.8) is 0 Å². The quantitative estimate of drug-likeness (QED) is 0.478. The van der Waals surface area contributed by atoms with Crippen LogP contribution in [0.15, 0.2) is 48.5 Å². The van der Waals surface area contributed by atoms with Crippen molar-refractivity contribution in [2.24, 2.45) is 5.92 Å². The Morgan fingerprint density at radius 2 is 1.73 bits per heavy atom. The molecule has 0 aliphatic carbocycles. The van der Waals surface area contributed by atoms with Crippen LogP contribution >= 0.6 is 0 Å². The van der Waals surface area contributed by atoms with Gasteiger partial charge in [0, 0.05) is 25.6 Å². The van der Waals surface area contributed by atoms with Gasteiger partial charge in [-0.15, -0.1) is 0 Å². The summed E-state index contributed by atoms with van der Waals surface area (Å²) < 4.78 is 21.7. The average molecular weight is 460 g/mol. The third-order valence-electron chi connectivity index (χ3n) is 4.71. The Morgan fingerprint density at radius 3 is 2.33 bits per heavy atom. The molecule has 0 heterocycles. The molecule has 0 bridgehead atoms. The van der Waals surface area contributed by atoms with Crippen molar-refractivity contribution in [3.05, 3.63) is 54.1 Å². The number of nitrogens with zero attached hydrogens (tertiary/aromatic N) is 1. The second-order valence-electron chi connectivity index (χ2n) is 7.87. The fraction of sp³-hybridized carbons (Fsp3) is 0.440. The molecule has 1 N–H and O–H groups in total. The summed E-state index contributed by atoms with van der Waals surface area (Å²) in [7, 11) is 1.55. The normalized spacial score (nSPS) is 11.7. The van der Waals surface area contributed by atoms with Gasteiger partial charge in [-0.2, -0.15) is 0 Å². The fourth-order valence-corrected chi connectivity index (χ4v) is 3.16. The Kier molecular flexibility index (Phi) is 10.5. The number of carboxylic acid groups (broad SMARTS) is 1. The highest BCUT2D eigenvalue weighted by atomic mass is 16.6. The standard InChI is InChI=1S/C25H33NO7/c1-5-31-23(24(27)28)15-19-9-11-20(12-10-19)32-14-13-26(17-18(2)3)25(29)33-22-8-6-7-21(16-22)30-4/h6-12,16,18,23H,5,13-15,17H2,1-4H3,(H,27,28). The van der Waals surface area contributed by atoms with Crippen molar-refractivity contribution in [2.45, 2.75) is 33.3 Å². The van der Waals surface area contributed by atoms with E-state index in [0.717, 1.165) is 5.56 Å². The molecule has 33 heavy (non-hydrogen) atoms. The maximum atomic E-state index is 12.7. The first-order chi connectivity index (χ1) is 15.8. The van der Waals surface area contributed by atoms with Crippen molar-refractivity contribution in [3.8, 4) is 17.2 Å². The molecule has 1 unspecified atom stereocenters. The number of hydrogen-bond acceptors (Lipinski definition) is 6. The molecule has 1 amide bonds. The van der Waals surface area contributed by atoms with Crippen molar-refractivity contribution >= 4 is 12.1 Å². The molecule has 2 aromatic carbocycles. The topological polar surface area (TPSA) is 94.5 Å². The molecule has 0 fully saturated rings. The van der Waals surface area contributed by atoms with Crippen LogP contribution in [0.4, 0.5) is 4.79 Å². The van der Waals surface area contributed by atoms with E-state index in [1.165, 1.54) is 0 Å². The van der Waals surface area contributed by atoms with Crippen LogP contribution in [0.5, 0.6) is 17.2 Å². The molecule has 8 nitrogen and oxygen atoms in total. The van der Waals surface area contributed by atoms with Gasteiger partial charge >= 0.3 is 12.1 Å². The van der Waals surface area contributed by atoms with E-state index < -0.39 is 18.2 Å². The summed E-state index contributed by atoms with van der Waals surface area (Å²) >= 11 is 0. The number of hydrogen-bond donors (Lipinski definition) is 1. The van der Waals surface area contributed by atoms with Crippen molar-refractivity contribution in [1.29, 1.82) is 0 Å². The van der Waals surface area contributed by atoms with Gasteiger partial charge in [0.1, 0.15) is 23.9 Å². The minimum atomic E-state index is -0.983. The first-order valence-corrected chi connectivity index (χ1v) is 11.0. The number of amides is 1. The molecular formula is C25H33NO7. The summed E-state index contributed by atoms with van der Waals surface area (Å²) in [4.78, 5) is 25.5. The summed E-state index contributed by atoms with van der Waals surface area (Å²) in [5.74, 6) is 0.931. The third-order valence-corrected chi connectivity index (χ3v) is 4.71. The van der Waals surface area contributed by atoms with Gasteiger partial charge in [-0.05, 0) is 42.7 Å². The van der Waals surface area contributed by atoms with E-state index in [0.29, 0.717) is 36.9 Å². The summed E-state index contributed by atoms with van der Waals surface area (Å²) in [5.41, 5.74) is 0.839. The highest BCUT2D eigenvalue weighted by Gasteiger charge is 2.19. The molecule has 0 saturated heterocycles. The summed E-state index contributed by atoms with van der Waals surface area (Å²) in [6, 6.07) is 14.1. The number of carbonyl (C=O) groups excluding carboxylic acids is 1. The van der Waals surface area contributed by atoms with Crippen molar-refractivity contribution in [1.82, 2.24) is 4.90 Å². The fourth-order valence-electron chi connectivity index (χ4n) is 3.16. The van der Waals surface area contributed by atoms with Crippen molar-refractivity contribution < 1.29 is 33.6 Å². The van der Waals surface area contributed by atoms with Gasteiger partial charge in [-0.3, -0.25) is 0 Å². The monoisotopic (exact) mass is 459 g/mol. The number of benzene rings is 2. The number of rotatable bonds is 13. The summed E-state index contributed by atoms with van der Waals surface area (Å²) in [6.07, 6.45) is -1.05. The molecule has 1 atom stereocenters. The van der Waals surface area contributed by atoms with E-state index in [1.54, 1.807) is 55.3 Å². The SMILES string of the molecule is CCOC(Cc1ccc(OCCN(CC(C)C)C(=O)Oc2cccc(OC)c2)cc1)C(=O)O. The predicted octanol–water partition coefficient (Wildman–Crippen LogP) is 4.26. The van der Waals surface area contributed by atoms with Crippen LogP contribution in [0.3, 0.4) is 0 Å². The zero-order valence-corrected chi connectivity index (χ0v) is 19.7. The Labute approximate surface area is 195 Å². The van der Waals surface area contributed by atoms with E-state index in [4.69, 9.17) is 18.9 Å². The smallest absolute Gasteiger partial charge is 0.415 e. The molecule has 2 rings (SSSR count). The maximum Gasteiger partial charge on any atom is 0.415 e. The first-order valence-electron chi connectivity index (χ1n) is 11.0. The van der Waals surface area contributed by atoms with Gasteiger partial charge in [0.2, 0.25) is 0 Å². The molecule has 8 heteroatoms. The third kappa shape index (κ3) is 9.02. The van der Waals surface area contributed by atoms with Crippen LogP contribution in [0.2, 0.25) is 0 Å². The second-order valence-corrected chi connectivity index (χ2v) is 7.87. The Morgan fingerprint density at radius 1 is 1.03 bits per heavy atom. The van der Waals surface area contributed by atoms with Gasteiger partial charge in [-0.1, -0.05) is 32.0 Å². The van der Waals surface area contributed by atoms with Crippen LogP contribution in [-0.4, -0.2) is 61.6 Å². The minimum absolute atomic E-state index is 0.259. The van der Waals surface area contributed by atoms with Gasteiger partial charge in [-0.25, -0.2) is 9.59 Å². The predicted molar refractivity (Wildman–Crippen MR) is 124 cm³/mol. The van der Waals surface area contributed by atoms with E-state index in [1.807, 2.05) is 26.0 Å². The molecular weight excluding hydrogens is 426 g/mol. The number of ether oxygens (including phenoxy) is 4. The van der Waals surface area contributed by atoms with Crippen LogP contribution in [0, 0.1) is 5.92 Å². The lowest BCUT2D eigenvalue weighted by molar-refractivity contribution is -0.149.